The Morgan fingerprint density at radius 3 is 2.46 bits per heavy atom. The van der Waals surface area contributed by atoms with Gasteiger partial charge in [-0.1, -0.05) is 11.6 Å². The van der Waals surface area contributed by atoms with E-state index in [1.807, 2.05) is 12.1 Å². The molecule has 0 radical (unpaired) electrons. The number of rotatable bonds is 7. The van der Waals surface area contributed by atoms with Gasteiger partial charge >= 0.3 is 0 Å². The summed E-state index contributed by atoms with van der Waals surface area (Å²) in [5.41, 5.74) is 6.28. The van der Waals surface area contributed by atoms with Crippen LogP contribution in [0.3, 0.4) is 0 Å². The van der Waals surface area contributed by atoms with Crippen LogP contribution in [-0.4, -0.2) is 36.7 Å². The van der Waals surface area contributed by atoms with E-state index in [1.54, 1.807) is 0 Å². The fourth-order valence-electron chi connectivity index (χ4n) is 3.89. The number of hydrogen-bond acceptors (Lipinski definition) is 5. The lowest BCUT2D eigenvalue weighted by Gasteiger charge is -2.46. The quantitative estimate of drug-likeness (QED) is 0.673. The van der Waals surface area contributed by atoms with Gasteiger partial charge in [-0.2, -0.15) is 0 Å². The molecule has 7 heteroatoms. The van der Waals surface area contributed by atoms with Crippen molar-refractivity contribution in [1.29, 1.82) is 0 Å². The Morgan fingerprint density at radius 1 is 1.31 bits per heavy atom. The standard InChI is InChI=1S/C19H30ClN3O3/c1-18(2)8-13(9-19(3,4)23-18)22-10-12-6-14(20)17(15(7-12)25-5)26-11-16(21)24/h6-7,13,22-23H,8-11H2,1-5H3,(H2,21,24). The zero-order chi connectivity index (χ0) is 19.5. The van der Waals surface area contributed by atoms with Crippen LogP contribution in [0.4, 0.5) is 0 Å². The Morgan fingerprint density at radius 2 is 1.92 bits per heavy atom. The van der Waals surface area contributed by atoms with Gasteiger partial charge in [0.1, 0.15) is 0 Å². The molecule has 4 N–H and O–H groups in total. The van der Waals surface area contributed by atoms with Crippen molar-refractivity contribution >= 4 is 17.5 Å². The fourth-order valence-corrected chi connectivity index (χ4v) is 4.18. The minimum atomic E-state index is -0.565. The number of halogens is 1. The summed E-state index contributed by atoms with van der Waals surface area (Å²) in [5, 5.41) is 7.71. The highest BCUT2D eigenvalue weighted by molar-refractivity contribution is 6.32. The van der Waals surface area contributed by atoms with Crippen LogP contribution in [0, 0.1) is 0 Å². The van der Waals surface area contributed by atoms with Crippen molar-refractivity contribution in [3.05, 3.63) is 22.7 Å². The van der Waals surface area contributed by atoms with Crippen LogP contribution < -0.4 is 25.8 Å². The van der Waals surface area contributed by atoms with E-state index in [1.165, 1.54) is 7.11 Å². The Kier molecular flexibility index (Phi) is 6.42. The Labute approximate surface area is 160 Å². The summed E-state index contributed by atoms with van der Waals surface area (Å²) in [4.78, 5) is 10.9. The number of amides is 1. The summed E-state index contributed by atoms with van der Waals surface area (Å²) in [5.74, 6) is 0.257. The predicted octanol–water partition coefficient (Wildman–Crippen LogP) is 2.61. The molecule has 1 fully saturated rings. The van der Waals surface area contributed by atoms with Crippen molar-refractivity contribution in [2.75, 3.05) is 13.7 Å². The number of piperidine rings is 1. The summed E-state index contributed by atoms with van der Waals surface area (Å²) < 4.78 is 10.7. The lowest BCUT2D eigenvalue weighted by Crippen LogP contribution is -2.61. The summed E-state index contributed by atoms with van der Waals surface area (Å²) in [6.07, 6.45) is 2.09. The highest BCUT2D eigenvalue weighted by Crippen LogP contribution is 2.36. The predicted molar refractivity (Wildman–Crippen MR) is 104 cm³/mol. The smallest absolute Gasteiger partial charge is 0.255 e. The Hall–Kier alpha value is -1.50. The van der Waals surface area contributed by atoms with E-state index in [0.717, 1.165) is 18.4 Å². The average Bonchev–Trinajstić information content (AvgIpc) is 2.48. The number of ether oxygens (including phenoxy) is 2. The van der Waals surface area contributed by atoms with Crippen molar-refractivity contribution < 1.29 is 14.3 Å². The molecule has 0 saturated carbocycles. The van der Waals surface area contributed by atoms with Crippen LogP contribution in [0.15, 0.2) is 12.1 Å². The molecule has 1 heterocycles. The van der Waals surface area contributed by atoms with Gasteiger partial charge in [-0.25, -0.2) is 0 Å². The zero-order valence-electron chi connectivity index (χ0n) is 16.2. The van der Waals surface area contributed by atoms with E-state index < -0.39 is 5.91 Å². The first kappa shape index (κ1) is 20.8. The second kappa shape index (κ2) is 8.03. The Balaban J connectivity index is 2.08. The molecule has 6 nitrogen and oxygen atoms in total. The molecule has 0 aliphatic carbocycles. The Bertz CT molecular complexity index is 646. The van der Waals surface area contributed by atoms with E-state index >= 15 is 0 Å². The molecule has 0 spiro atoms. The average molecular weight is 384 g/mol. The summed E-state index contributed by atoms with van der Waals surface area (Å²) in [6, 6.07) is 4.09. The number of carbonyl (C=O) groups excluding carboxylic acids is 1. The SMILES string of the molecule is COc1cc(CNC2CC(C)(C)NC(C)(C)C2)cc(Cl)c1OCC(N)=O. The van der Waals surface area contributed by atoms with E-state index in [9.17, 15) is 4.79 Å². The van der Waals surface area contributed by atoms with Gasteiger partial charge in [0.05, 0.1) is 12.1 Å². The summed E-state index contributed by atoms with van der Waals surface area (Å²) >= 11 is 6.31. The molecule has 1 aliphatic heterocycles. The highest BCUT2D eigenvalue weighted by atomic mass is 35.5. The number of nitrogens with two attached hydrogens (primary N) is 1. The molecule has 0 unspecified atom stereocenters. The van der Waals surface area contributed by atoms with Gasteiger partial charge in [-0.3, -0.25) is 4.79 Å². The third kappa shape index (κ3) is 5.76. The van der Waals surface area contributed by atoms with Crippen LogP contribution >= 0.6 is 11.6 Å². The lowest BCUT2D eigenvalue weighted by atomic mass is 9.79. The molecule has 26 heavy (non-hydrogen) atoms. The lowest BCUT2D eigenvalue weighted by molar-refractivity contribution is -0.119. The molecular formula is C19H30ClN3O3. The van der Waals surface area contributed by atoms with E-state index in [4.69, 9.17) is 26.8 Å². The molecule has 1 aliphatic rings. The van der Waals surface area contributed by atoms with Crippen LogP contribution in [0.5, 0.6) is 11.5 Å². The van der Waals surface area contributed by atoms with Crippen molar-refractivity contribution in [1.82, 2.24) is 10.6 Å². The van der Waals surface area contributed by atoms with Crippen LogP contribution in [0.25, 0.3) is 0 Å². The normalized spacial score (nSPS) is 19.2. The number of hydrogen-bond donors (Lipinski definition) is 3. The number of benzene rings is 1. The second-order valence-electron chi connectivity index (χ2n) is 8.24. The maximum atomic E-state index is 10.9. The van der Waals surface area contributed by atoms with Gasteiger partial charge in [0.2, 0.25) is 0 Å². The van der Waals surface area contributed by atoms with Crippen molar-refractivity contribution in [2.45, 2.75) is 64.2 Å². The van der Waals surface area contributed by atoms with Crippen molar-refractivity contribution in [3.8, 4) is 11.5 Å². The molecule has 0 aromatic heterocycles. The van der Waals surface area contributed by atoms with Crippen molar-refractivity contribution in [3.63, 3.8) is 0 Å². The first-order chi connectivity index (χ1) is 12.0. The molecule has 0 atom stereocenters. The van der Waals surface area contributed by atoms with Gasteiger partial charge in [0.15, 0.2) is 18.1 Å². The van der Waals surface area contributed by atoms with Crippen LogP contribution in [0.1, 0.15) is 46.1 Å². The minimum Gasteiger partial charge on any atom is -0.493 e. The number of methoxy groups -OCH3 is 1. The number of nitrogens with one attached hydrogen (secondary N) is 2. The van der Waals surface area contributed by atoms with Gasteiger partial charge in [0, 0.05) is 23.7 Å². The first-order valence-corrected chi connectivity index (χ1v) is 9.19. The largest absolute Gasteiger partial charge is 0.493 e. The van der Waals surface area contributed by atoms with Gasteiger partial charge in [-0.05, 0) is 58.2 Å². The molecule has 146 valence electrons. The van der Waals surface area contributed by atoms with Crippen LogP contribution in [0.2, 0.25) is 5.02 Å². The third-order valence-electron chi connectivity index (χ3n) is 4.43. The van der Waals surface area contributed by atoms with E-state index in [0.29, 0.717) is 29.1 Å². The monoisotopic (exact) mass is 383 g/mol. The highest BCUT2D eigenvalue weighted by Gasteiger charge is 2.37. The summed E-state index contributed by atoms with van der Waals surface area (Å²) in [6.45, 7) is 9.34. The number of primary amides is 1. The molecule has 2 rings (SSSR count). The maximum Gasteiger partial charge on any atom is 0.255 e. The van der Waals surface area contributed by atoms with Gasteiger partial charge in [0.25, 0.3) is 5.91 Å². The molecule has 1 amide bonds. The topological polar surface area (TPSA) is 85.6 Å². The van der Waals surface area contributed by atoms with Gasteiger partial charge < -0.3 is 25.8 Å². The third-order valence-corrected chi connectivity index (χ3v) is 4.71. The molecule has 1 aromatic rings. The number of carbonyl (C=O) groups is 1. The van der Waals surface area contributed by atoms with E-state index in [2.05, 4.69) is 38.3 Å². The molecular weight excluding hydrogens is 354 g/mol. The first-order valence-electron chi connectivity index (χ1n) is 8.81. The molecule has 0 bridgehead atoms. The minimum absolute atomic E-state index is 0.0845. The van der Waals surface area contributed by atoms with Gasteiger partial charge in [-0.15, -0.1) is 0 Å². The zero-order valence-corrected chi connectivity index (χ0v) is 17.0. The summed E-state index contributed by atoms with van der Waals surface area (Å²) in [7, 11) is 1.54. The molecule has 1 aromatic carbocycles. The second-order valence-corrected chi connectivity index (χ2v) is 8.65. The van der Waals surface area contributed by atoms with Crippen LogP contribution in [-0.2, 0) is 11.3 Å². The van der Waals surface area contributed by atoms with Crippen molar-refractivity contribution in [2.24, 2.45) is 5.73 Å². The van der Waals surface area contributed by atoms with E-state index in [-0.39, 0.29) is 17.7 Å². The maximum absolute atomic E-state index is 10.9. The molecule has 1 saturated heterocycles. The fraction of sp³-hybridized carbons (Fsp3) is 0.632.